The smallest absolute Gasteiger partial charge is 0.416 e. The summed E-state index contributed by atoms with van der Waals surface area (Å²) in [5, 5.41) is 60.8. The molecule has 3 heterocycles. The van der Waals surface area contributed by atoms with Crippen LogP contribution in [0.2, 0.25) is 0 Å². The largest absolute Gasteiger partial charge is 0.508 e. The van der Waals surface area contributed by atoms with Crippen molar-refractivity contribution in [1.29, 1.82) is 0 Å². The quantitative estimate of drug-likeness (QED) is 0.0816. The number of nitrogens with zero attached hydrogens (tertiary/aromatic N) is 3. The molecule has 3 aromatic heterocycles. The molecule has 12 nitrogen and oxygen atoms in total. The van der Waals surface area contributed by atoms with Gasteiger partial charge in [-0.1, -0.05) is 54.6 Å². The third kappa shape index (κ3) is 5.99. The van der Waals surface area contributed by atoms with Gasteiger partial charge in [0.25, 0.3) is 0 Å². The number of carbonyl (C=O) groups is 3. The molecule has 0 aliphatic heterocycles. The molecule has 0 saturated heterocycles. The van der Waals surface area contributed by atoms with Gasteiger partial charge in [-0.15, -0.1) is 0 Å². The van der Waals surface area contributed by atoms with Crippen LogP contribution in [0, 0.1) is 0 Å². The van der Waals surface area contributed by atoms with Crippen LogP contribution in [0.1, 0.15) is 0 Å². The van der Waals surface area contributed by atoms with E-state index in [9.17, 15) is 45.0 Å². The molecule has 0 aliphatic carbocycles. The second-order valence-corrected chi connectivity index (χ2v) is 11.5. The van der Waals surface area contributed by atoms with Crippen molar-refractivity contribution in [2.75, 3.05) is 0 Å². The van der Waals surface area contributed by atoms with Crippen molar-refractivity contribution in [3.05, 3.63) is 127 Å². The minimum Gasteiger partial charge on any atom is -0.508 e. The van der Waals surface area contributed by atoms with Crippen LogP contribution in [0.25, 0.3) is 65.4 Å². The second-order valence-electron chi connectivity index (χ2n) is 11.5. The van der Waals surface area contributed by atoms with Gasteiger partial charge in [0.1, 0.15) is 17.2 Å². The number of hydrogen-bond acceptors (Lipinski definition) is 6. The Balaban J connectivity index is 0.000000133. The van der Waals surface area contributed by atoms with Crippen LogP contribution in [0.4, 0.5) is 14.4 Å². The molecule has 9 rings (SSSR count). The Morgan fingerprint density at radius 1 is 0.346 bits per heavy atom. The summed E-state index contributed by atoms with van der Waals surface area (Å²) in [7, 11) is 0. The van der Waals surface area contributed by atoms with E-state index in [0.717, 1.165) is 32.3 Å². The first-order chi connectivity index (χ1) is 24.5. The van der Waals surface area contributed by atoms with E-state index in [1.807, 2.05) is 36.4 Å². The molecule has 0 radical (unpaired) electrons. The van der Waals surface area contributed by atoms with Gasteiger partial charge < -0.3 is 30.6 Å². The Kier molecular flexibility index (Phi) is 9.30. The van der Waals surface area contributed by atoms with E-state index in [2.05, 4.69) is 0 Å². The van der Waals surface area contributed by atoms with Crippen molar-refractivity contribution in [3.63, 3.8) is 0 Å². The predicted molar refractivity (Wildman–Crippen MR) is 194 cm³/mol. The fraction of sp³-hybridized carbons (Fsp3) is 0. The fourth-order valence-electron chi connectivity index (χ4n) is 6.50. The number of hydrogen-bond donors (Lipinski definition) is 6. The van der Waals surface area contributed by atoms with Crippen molar-refractivity contribution in [2.24, 2.45) is 0 Å². The summed E-state index contributed by atoms with van der Waals surface area (Å²) in [4.78, 5) is 33.8. The molecule has 0 bridgehead atoms. The Hall–Kier alpha value is -6.85. The summed E-state index contributed by atoms with van der Waals surface area (Å²) in [5.41, 5.74) is 3.62. The molecule has 52 heavy (non-hydrogen) atoms. The minimum absolute atomic E-state index is 0. The number of rotatable bonds is 0. The third-order valence-electron chi connectivity index (χ3n) is 8.54. The number of aromatic hydroxyl groups is 3. The summed E-state index contributed by atoms with van der Waals surface area (Å²) >= 11 is 0. The standard InChI is InChI=1S/3C13H9NO3.Ru/c3*15-8-5-6-12-10(7-8)9-3-1-2-4-11(9)14(12)13(16)17;/h3*1-7,15H,(H,16,17);. The van der Waals surface area contributed by atoms with Gasteiger partial charge >= 0.3 is 18.3 Å². The molecular weight excluding hydrogens is 756 g/mol. The molecule has 6 N–H and O–H groups in total. The first kappa shape index (κ1) is 35.0. The Morgan fingerprint density at radius 2 is 0.577 bits per heavy atom. The first-order valence-electron chi connectivity index (χ1n) is 15.4. The molecule has 6 aromatic carbocycles. The first-order valence-corrected chi connectivity index (χ1v) is 15.4. The van der Waals surface area contributed by atoms with E-state index in [4.69, 9.17) is 0 Å². The van der Waals surface area contributed by atoms with Crippen molar-refractivity contribution >= 4 is 83.7 Å². The van der Waals surface area contributed by atoms with E-state index in [-0.39, 0.29) is 36.7 Å². The zero-order chi connectivity index (χ0) is 36.0. The predicted octanol–water partition coefficient (Wildman–Crippen LogP) is 9.08. The summed E-state index contributed by atoms with van der Waals surface area (Å²) in [6.07, 6.45) is -3.08. The molecule has 0 saturated carbocycles. The van der Waals surface area contributed by atoms with Crippen molar-refractivity contribution < 1.29 is 64.5 Å². The molecule has 9 aromatic rings. The number of benzene rings is 6. The summed E-state index contributed by atoms with van der Waals surface area (Å²) < 4.78 is 3.68. The maximum atomic E-state index is 11.3. The number of phenols is 3. The maximum absolute atomic E-state index is 11.3. The molecule has 0 spiro atoms. The van der Waals surface area contributed by atoms with Gasteiger partial charge in [0.2, 0.25) is 0 Å². The van der Waals surface area contributed by atoms with Crippen LogP contribution in [0.5, 0.6) is 17.2 Å². The van der Waals surface area contributed by atoms with Crippen molar-refractivity contribution in [2.45, 2.75) is 0 Å². The Morgan fingerprint density at radius 3 is 0.827 bits per heavy atom. The van der Waals surface area contributed by atoms with Crippen molar-refractivity contribution in [1.82, 2.24) is 13.7 Å². The van der Waals surface area contributed by atoms with E-state index in [0.29, 0.717) is 33.1 Å². The Bertz CT molecular complexity index is 2540. The average molecular weight is 783 g/mol. The SMILES string of the molecule is O=C(O)n1c2ccccc2c2cc(O)ccc21.O=C(O)n1c2ccccc2c2cc(O)ccc21.O=C(O)n1c2ccccc2c2cc(O)ccc21.[Ru]. The molecule has 0 atom stereocenters. The average Bonchev–Trinajstić information content (AvgIpc) is 3.74. The van der Waals surface area contributed by atoms with E-state index < -0.39 is 18.3 Å². The molecule has 0 aliphatic rings. The van der Waals surface area contributed by atoms with Gasteiger partial charge in [0.15, 0.2) is 0 Å². The molecular formula is C39H27N3O9Ru. The van der Waals surface area contributed by atoms with E-state index in [1.54, 1.807) is 72.8 Å². The zero-order valence-corrected chi connectivity index (χ0v) is 28.5. The van der Waals surface area contributed by atoms with Gasteiger partial charge in [0, 0.05) is 51.8 Å². The summed E-state index contributed by atoms with van der Waals surface area (Å²) in [5.74, 6) is 0.391. The molecule has 0 fully saturated rings. The van der Waals surface area contributed by atoms with Crippen LogP contribution in [-0.2, 0) is 19.5 Å². The summed E-state index contributed by atoms with van der Waals surface area (Å²) in [6, 6.07) is 35.7. The number of para-hydroxylation sites is 3. The number of aromatic nitrogens is 3. The monoisotopic (exact) mass is 783 g/mol. The summed E-state index contributed by atoms with van der Waals surface area (Å²) in [6.45, 7) is 0. The molecule has 0 unspecified atom stereocenters. The molecule has 260 valence electrons. The third-order valence-corrected chi connectivity index (χ3v) is 8.54. The van der Waals surface area contributed by atoms with Crippen LogP contribution in [0.15, 0.2) is 127 Å². The van der Waals surface area contributed by atoms with E-state index in [1.165, 1.54) is 31.9 Å². The van der Waals surface area contributed by atoms with Crippen LogP contribution < -0.4 is 0 Å². The topological polar surface area (TPSA) is 187 Å². The zero-order valence-electron chi connectivity index (χ0n) is 26.7. The minimum atomic E-state index is -1.03. The van der Waals surface area contributed by atoms with E-state index >= 15 is 0 Å². The van der Waals surface area contributed by atoms with Crippen LogP contribution in [0.3, 0.4) is 0 Å². The maximum Gasteiger partial charge on any atom is 0.416 e. The number of fused-ring (bicyclic) bond motifs is 9. The van der Waals surface area contributed by atoms with Gasteiger partial charge in [-0.05, 0) is 72.8 Å². The van der Waals surface area contributed by atoms with Crippen molar-refractivity contribution in [3.8, 4) is 17.2 Å². The van der Waals surface area contributed by atoms with Gasteiger partial charge in [-0.2, -0.15) is 0 Å². The fourth-order valence-corrected chi connectivity index (χ4v) is 6.50. The number of carboxylic acid groups (broad SMARTS) is 3. The molecule has 0 amide bonds. The number of phenolic OH excluding ortho intramolecular Hbond substituents is 3. The van der Waals surface area contributed by atoms with Gasteiger partial charge in [-0.25, -0.2) is 28.1 Å². The van der Waals surface area contributed by atoms with Crippen LogP contribution >= 0.6 is 0 Å². The van der Waals surface area contributed by atoms with Crippen LogP contribution in [-0.4, -0.2) is 62.6 Å². The second kappa shape index (κ2) is 13.8. The van der Waals surface area contributed by atoms with Gasteiger partial charge in [0.05, 0.1) is 33.1 Å². The normalized spacial score (nSPS) is 10.8. The molecule has 13 heteroatoms. The Labute approximate surface area is 305 Å². The van der Waals surface area contributed by atoms with Gasteiger partial charge in [-0.3, -0.25) is 0 Å².